The Balaban J connectivity index is 1.40. The number of aromatic nitrogens is 2. The molecule has 0 bridgehead atoms. The van der Waals surface area contributed by atoms with E-state index in [1.165, 1.54) is 0 Å². The van der Waals surface area contributed by atoms with Crippen LogP contribution in [0, 0.1) is 0 Å². The molecule has 0 saturated carbocycles. The zero-order chi connectivity index (χ0) is 19.3. The second kappa shape index (κ2) is 7.98. The molecule has 0 spiro atoms. The van der Waals surface area contributed by atoms with Gasteiger partial charge in [-0.1, -0.05) is 36.4 Å². The third kappa shape index (κ3) is 3.89. The van der Waals surface area contributed by atoms with Crippen molar-refractivity contribution < 1.29 is 18.7 Å². The van der Waals surface area contributed by atoms with Gasteiger partial charge in [0.25, 0.3) is 5.91 Å². The van der Waals surface area contributed by atoms with E-state index >= 15 is 0 Å². The molecule has 0 aliphatic heterocycles. The summed E-state index contributed by atoms with van der Waals surface area (Å²) in [5.74, 6) is 1.18. The van der Waals surface area contributed by atoms with Crippen LogP contribution in [0.3, 0.4) is 0 Å². The third-order valence-electron chi connectivity index (χ3n) is 4.16. The zero-order valence-electron chi connectivity index (χ0n) is 15.3. The Morgan fingerprint density at radius 2 is 2.00 bits per heavy atom. The van der Waals surface area contributed by atoms with E-state index in [9.17, 15) is 4.79 Å². The molecule has 0 aliphatic carbocycles. The van der Waals surface area contributed by atoms with Crippen molar-refractivity contribution in [1.82, 2.24) is 9.78 Å². The van der Waals surface area contributed by atoms with Crippen molar-refractivity contribution in [2.75, 3.05) is 12.4 Å². The fraction of sp³-hybridized carbons (Fsp3) is 0.143. The van der Waals surface area contributed by atoms with Gasteiger partial charge in [0.2, 0.25) is 0 Å². The van der Waals surface area contributed by atoms with Crippen LogP contribution in [0.4, 0.5) is 5.69 Å². The lowest BCUT2D eigenvalue weighted by atomic mass is 10.1. The molecule has 0 fully saturated rings. The van der Waals surface area contributed by atoms with Gasteiger partial charge in [-0.3, -0.25) is 4.79 Å². The lowest BCUT2D eigenvalue weighted by Crippen LogP contribution is -2.10. The number of rotatable bonds is 7. The van der Waals surface area contributed by atoms with Gasteiger partial charge in [0.05, 0.1) is 18.1 Å². The van der Waals surface area contributed by atoms with Crippen molar-refractivity contribution >= 4 is 22.4 Å². The fourth-order valence-electron chi connectivity index (χ4n) is 2.87. The number of methoxy groups -OCH3 is 1. The summed E-state index contributed by atoms with van der Waals surface area (Å²) in [6.07, 6.45) is 3.22. The van der Waals surface area contributed by atoms with Gasteiger partial charge in [0.15, 0.2) is 5.76 Å². The first kappa shape index (κ1) is 17.8. The normalized spacial score (nSPS) is 10.9. The molecule has 1 amide bonds. The highest BCUT2D eigenvalue weighted by Gasteiger charge is 2.13. The Hall–Kier alpha value is -3.58. The van der Waals surface area contributed by atoms with Crippen LogP contribution >= 0.6 is 0 Å². The van der Waals surface area contributed by atoms with Gasteiger partial charge in [-0.05, 0) is 23.6 Å². The summed E-state index contributed by atoms with van der Waals surface area (Å²) in [4.78, 5) is 12.3. The van der Waals surface area contributed by atoms with Crippen LogP contribution in [0.2, 0.25) is 0 Å². The van der Waals surface area contributed by atoms with Crippen molar-refractivity contribution in [1.29, 1.82) is 0 Å². The average molecular weight is 377 g/mol. The standard InChI is InChI=1S/C21H19N3O4/c1-26-14-24-12-16(11-22-24)23-21(25)20-10-9-17(28-20)13-27-19-8-4-6-15-5-2-3-7-18(15)19/h2-12H,13-14H2,1H3,(H,23,25). The molecule has 0 aliphatic rings. The topological polar surface area (TPSA) is 78.5 Å². The van der Waals surface area contributed by atoms with Crippen LogP contribution in [0.25, 0.3) is 10.8 Å². The molecule has 0 atom stereocenters. The van der Waals surface area contributed by atoms with Crippen LogP contribution in [-0.2, 0) is 18.1 Å². The van der Waals surface area contributed by atoms with Crippen molar-refractivity contribution in [3.05, 3.63) is 78.5 Å². The number of amides is 1. The molecule has 2 aromatic carbocycles. The van der Waals surface area contributed by atoms with Crippen LogP contribution in [0.15, 0.2) is 71.4 Å². The second-order valence-corrected chi connectivity index (χ2v) is 6.17. The second-order valence-electron chi connectivity index (χ2n) is 6.17. The molecule has 7 nitrogen and oxygen atoms in total. The molecule has 0 saturated heterocycles. The lowest BCUT2D eigenvalue weighted by Gasteiger charge is -2.07. The summed E-state index contributed by atoms with van der Waals surface area (Å²) in [6.45, 7) is 0.541. The molecular weight excluding hydrogens is 358 g/mol. The van der Waals surface area contributed by atoms with Crippen LogP contribution in [0.1, 0.15) is 16.3 Å². The van der Waals surface area contributed by atoms with E-state index < -0.39 is 0 Å². The summed E-state index contributed by atoms with van der Waals surface area (Å²) in [6, 6.07) is 17.2. The Bertz CT molecular complexity index is 1090. The molecule has 0 unspecified atom stereocenters. The average Bonchev–Trinajstić information content (AvgIpc) is 3.36. The smallest absolute Gasteiger partial charge is 0.291 e. The minimum Gasteiger partial charge on any atom is -0.485 e. The SMILES string of the molecule is COCn1cc(NC(=O)c2ccc(COc3cccc4ccccc34)o2)cn1. The highest BCUT2D eigenvalue weighted by Crippen LogP contribution is 2.26. The van der Waals surface area contributed by atoms with Crippen molar-refractivity contribution in [3.8, 4) is 5.75 Å². The molecule has 7 heteroatoms. The van der Waals surface area contributed by atoms with E-state index in [4.69, 9.17) is 13.9 Å². The number of benzene rings is 2. The Morgan fingerprint density at radius 3 is 2.89 bits per heavy atom. The van der Waals surface area contributed by atoms with Crippen LogP contribution in [0.5, 0.6) is 5.75 Å². The fourth-order valence-corrected chi connectivity index (χ4v) is 2.87. The number of carbonyl (C=O) groups is 1. The maximum absolute atomic E-state index is 12.3. The van der Waals surface area contributed by atoms with Gasteiger partial charge in [0, 0.05) is 12.5 Å². The third-order valence-corrected chi connectivity index (χ3v) is 4.16. The number of hydrogen-bond acceptors (Lipinski definition) is 5. The van der Waals surface area contributed by atoms with Crippen molar-refractivity contribution in [3.63, 3.8) is 0 Å². The first-order valence-corrected chi connectivity index (χ1v) is 8.75. The molecule has 4 rings (SSSR count). The summed E-state index contributed by atoms with van der Waals surface area (Å²) in [5, 5.41) is 8.94. The van der Waals surface area contributed by atoms with E-state index in [1.54, 1.807) is 36.3 Å². The predicted molar refractivity (Wildman–Crippen MR) is 104 cm³/mol. The molecule has 28 heavy (non-hydrogen) atoms. The van der Waals surface area contributed by atoms with E-state index in [1.807, 2.05) is 42.5 Å². The predicted octanol–water partition coefficient (Wildman–Crippen LogP) is 4.06. The van der Waals surface area contributed by atoms with Crippen molar-refractivity contribution in [2.45, 2.75) is 13.3 Å². The lowest BCUT2D eigenvalue weighted by molar-refractivity contribution is 0.0992. The van der Waals surface area contributed by atoms with E-state index in [2.05, 4.69) is 10.4 Å². The van der Waals surface area contributed by atoms with Crippen LogP contribution in [-0.4, -0.2) is 22.8 Å². The maximum Gasteiger partial charge on any atom is 0.291 e. The van der Waals surface area contributed by atoms with Gasteiger partial charge in [-0.15, -0.1) is 0 Å². The molecule has 4 aromatic rings. The minimum atomic E-state index is -0.353. The molecular formula is C21H19N3O4. The number of furan rings is 1. The number of nitrogens with zero attached hydrogens (tertiary/aromatic N) is 2. The molecule has 2 aromatic heterocycles. The summed E-state index contributed by atoms with van der Waals surface area (Å²) in [7, 11) is 1.57. The number of nitrogens with one attached hydrogen (secondary N) is 1. The van der Waals surface area contributed by atoms with Gasteiger partial charge >= 0.3 is 0 Å². The Morgan fingerprint density at radius 1 is 1.14 bits per heavy atom. The summed E-state index contributed by atoms with van der Waals surface area (Å²) in [5.41, 5.74) is 0.562. The maximum atomic E-state index is 12.3. The summed E-state index contributed by atoms with van der Waals surface area (Å²) >= 11 is 0. The molecule has 142 valence electrons. The highest BCUT2D eigenvalue weighted by atomic mass is 16.5. The highest BCUT2D eigenvalue weighted by molar-refractivity contribution is 6.02. The van der Waals surface area contributed by atoms with Crippen molar-refractivity contribution in [2.24, 2.45) is 0 Å². The van der Waals surface area contributed by atoms with E-state index in [0.29, 0.717) is 18.2 Å². The number of fused-ring (bicyclic) bond motifs is 1. The summed E-state index contributed by atoms with van der Waals surface area (Å²) < 4.78 is 18.1. The number of hydrogen-bond donors (Lipinski definition) is 1. The largest absolute Gasteiger partial charge is 0.485 e. The number of carbonyl (C=O) groups excluding carboxylic acids is 1. The molecule has 2 heterocycles. The first-order valence-electron chi connectivity index (χ1n) is 8.75. The zero-order valence-corrected chi connectivity index (χ0v) is 15.3. The van der Waals surface area contributed by atoms with Crippen LogP contribution < -0.4 is 10.1 Å². The van der Waals surface area contributed by atoms with Gasteiger partial charge in [-0.2, -0.15) is 5.10 Å². The minimum absolute atomic E-state index is 0.205. The Labute approximate surface area is 161 Å². The monoisotopic (exact) mass is 377 g/mol. The number of anilines is 1. The van der Waals surface area contributed by atoms with E-state index in [-0.39, 0.29) is 18.3 Å². The molecule has 0 radical (unpaired) electrons. The number of ether oxygens (including phenoxy) is 2. The van der Waals surface area contributed by atoms with E-state index in [0.717, 1.165) is 16.5 Å². The first-order chi connectivity index (χ1) is 13.7. The van der Waals surface area contributed by atoms with Gasteiger partial charge in [-0.25, -0.2) is 4.68 Å². The van der Waals surface area contributed by atoms with Gasteiger partial charge in [0.1, 0.15) is 24.8 Å². The molecule has 1 N–H and O–H groups in total. The Kier molecular flexibility index (Phi) is 5.07. The van der Waals surface area contributed by atoms with Gasteiger partial charge < -0.3 is 19.2 Å². The quantitative estimate of drug-likeness (QED) is 0.525.